The van der Waals surface area contributed by atoms with Crippen molar-refractivity contribution in [1.29, 1.82) is 0 Å². The molecule has 3 aromatic rings. The number of carbonyl (C=O) groups is 6. The van der Waals surface area contributed by atoms with Gasteiger partial charge in [0.2, 0.25) is 17.7 Å². The number of benzene rings is 2. The first-order chi connectivity index (χ1) is 25.5. The Morgan fingerprint density at radius 1 is 0.925 bits per heavy atom. The minimum Gasteiger partial charge on any atom is -0.481 e. The normalized spacial score (nSPS) is 18.1. The van der Waals surface area contributed by atoms with Gasteiger partial charge in [0.1, 0.15) is 17.9 Å². The third-order valence-corrected chi connectivity index (χ3v) is 9.98. The zero-order valence-electron chi connectivity index (χ0n) is 29.7. The lowest BCUT2D eigenvalue weighted by atomic mass is 9.81. The largest absolute Gasteiger partial charge is 0.481 e. The van der Waals surface area contributed by atoms with Crippen molar-refractivity contribution in [3.05, 3.63) is 102 Å². The number of carbonyl (C=O) groups excluding carboxylic acids is 4. The molecule has 53 heavy (non-hydrogen) atoms. The van der Waals surface area contributed by atoms with Gasteiger partial charge in [-0.1, -0.05) is 61.4 Å². The second kappa shape index (κ2) is 17.6. The van der Waals surface area contributed by atoms with Gasteiger partial charge >= 0.3 is 11.9 Å². The fourth-order valence-corrected chi connectivity index (χ4v) is 7.30. The average molecular weight is 724 g/mol. The second-order valence-electron chi connectivity index (χ2n) is 13.6. The van der Waals surface area contributed by atoms with Gasteiger partial charge in [0, 0.05) is 44.4 Å². The van der Waals surface area contributed by atoms with Gasteiger partial charge in [-0.15, -0.1) is 0 Å². The number of aryl methyl sites for hydroxylation is 1. The highest BCUT2D eigenvalue weighted by atomic mass is 16.4. The number of nitrogens with one attached hydrogen (secondary N) is 2. The Morgan fingerprint density at radius 3 is 2.25 bits per heavy atom. The molecule has 4 N–H and O–H groups in total. The first-order valence-corrected chi connectivity index (χ1v) is 17.9. The minimum absolute atomic E-state index is 0.179. The highest BCUT2D eigenvalue weighted by molar-refractivity contribution is 6.04. The molecule has 4 amide bonds. The number of pyridine rings is 1. The number of amides is 4. The fourth-order valence-electron chi connectivity index (χ4n) is 7.30. The Balaban J connectivity index is 1.44. The number of aromatic nitrogens is 1. The van der Waals surface area contributed by atoms with Crippen molar-refractivity contribution < 1.29 is 39.0 Å². The van der Waals surface area contributed by atoms with Crippen LogP contribution in [0.4, 0.5) is 5.69 Å². The van der Waals surface area contributed by atoms with Crippen LogP contribution >= 0.6 is 0 Å². The topological polar surface area (TPSA) is 186 Å². The molecular formula is C40H45N5O8. The Labute approximate surface area is 308 Å². The number of carboxylic acid groups (broad SMARTS) is 2. The van der Waals surface area contributed by atoms with E-state index in [0.717, 1.165) is 24.0 Å². The number of rotatable bonds is 16. The molecule has 0 spiro atoms. The van der Waals surface area contributed by atoms with Crippen LogP contribution in [0.2, 0.25) is 0 Å². The van der Waals surface area contributed by atoms with Crippen LogP contribution in [0.25, 0.3) is 6.08 Å². The Bertz CT molecular complexity index is 1820. The zero-order chi connectivity index (χ0) is 38.0. The zero-order valence-corrected chi connectivity index (χ0v) is 29.7. The summed E-state index contributed by atoms with van der Waals surface area (Å²) in [5.74, 6) is -3.82. The summed E-state index contributed by atoms with van der Waals surface area (Å²) < 4.78 is 0. The molecule has 1 saturated carbocycles. The van der Waals surface area contributed by atoms with Crippen LogP contribution in [-0.4, -0.2) is 74.4 Å². The first kappa shape index (κ1) is 38.4. The van der Waals surface area contributed by atoms with Crippen LogP contribution in [0.1, 0.15) is 75.0 Å². The maximum atomic E-state index is 14.4. The quantitative estimate of drug-likeness (QED) is 0.156. The number of aliphatic carboxylic acids is 2. The van der Waals surface area contributed by atoms with Gasteiger partial charge in [0.05, 0.1) is 11.8 Å². The first-order valence-electron chi connectivity index (χ1n) is 17.9. The summed E-state index contributed by atoms with van der Waals surface area (Å²) in [7, 11) is 0. The summed E-state index contributed by atoms with van der Waals surface area (Å²) in [4.78, 5) is 84.1. The molecule has 2 aliphatic rings. The molecule has 2 aromatic carbocycles. The molecule has 1 saturated heterocycles. The molecular weight excluding hydrogens is 678 g/mol. The van der Waals surface area contributed by atoms with Crippen LogP contribution < -0.4 is 15.5 Å². The number of nitrogens with zero attached hydrogens (tertiary/aromatic N) is 3. The summed E-state index contributed by atoms with van der Waals surface area (Å²) in [6.07, 6.45) is 7.53. The van der Waals surface area contributed by atoms with Crippen LogP contribution in [0.3, 0.4) is 0 Å². The minimum atomic E-state index is -1.32. The van der Waals surface area contributed by atoms with Crippen LogP contribution in [0.15, 0.2) is 84.8 Å². The predicted octanol–water partition coefficient (Wildman–Crippen LogP) is 4.32. The summed E-state index contributed by atoms with van der Waals surface area (Å²) in [6, 6.07) is 18.9. The van der Waals surface area contributed by atoms with Crippen molar-refractivity contribution in [3.63, 3.8) is 0 Å². The van der Waals surface area contributed by atoms with Gasteiger partial charge in [0.25, 0.3) is 5.91 Å². The monoisotopic (exact) mass is 723 g/mol. The van der Waals surface area contributed by atoms with Crippen molar-refractivity contribution >= 4 is 47.3 Å². The smallest absolute Gasteiger partial charge is 0.352 e. The standard InChI is InChI=1S/C40H45N5O8/c1-27(46)42-23-21-40(19-5-6-20-40)39(53)43-32(38(51)52)24-29-11-14-31(15-12-29)44-34(16-13-28-8-3-2-4-9-28)45(35(47)17-18-36(48)49)33(37(44)50)25-30-10-7-22-41-26-30/h2-4,7-12,14-15,22,24,26,33-34H,5-6,13,16-21,23,25H2,1H3,(H,42,46)(H,43,53)(H,48,49)(H,51,52). The van der Waals surface area contributed by atoms with Crippen LogP contribution in [-0.2, 0) is 41.6 Å². The predicted molar refractivity (Wildman–Crippen MR) is 196 cm³/mol. The molecule has 1 aliphatic heterocycles. The SMILES string of the molecule is CC(=O)NCCC1(C(=O)NC(=Cc2ccc(N3C(=O)C(Cc4cccnc4)N(C(=O)CCC(=O)O)C3CCc3ccccc3)cc2)C(=O)O)CCCC1. The lowest BCUT2D eigenvalue weighted by Gasteiger charge is -2.32. The van der Waals surface area contributed by atoms with Crippen molar-refractivity contribution in [3.8, 4) is 0 Å². The Hall–Kier alpha value is -5.85. The van der Waals surface area contributed by atoms with Crippen LogP contribution in [0.5, 0.6) is 0 Å². The number of carboxylic acids is 2. The summed E-state index contributed by atoms with van der Waals surface area (Å²) in [5, 5.41) is 24.8. The number of anilines is 1. The molecule has 2 heterocycles. The average Bonchev–Trinajstić information content (AvgIpc) is 3.73. The van der Waals surface area contributed by atoms with E-state index in [1.807, 2.05) is 36.4 Å². The molecule has 2 atom stereocenters. The van der Waals surface area contributed by atoms with Gasteiger partial charge < -0.3 is 25.7 Å². The lowest BCUT2D eigenvalue weighted by Crippen LogP contribution is -2.45. The second-order valence-corrected chi connectivity index (χ2v) is 13.6. The Kier molecular flexibility index (Phi) is 12.7. The van der Waals surface area contributed by atoms with E-state index in [4.69, 9.17) is 0 Å². The van der Waals surface area contributed by atoms with Gasteiger partial charge in [-0.05, 0) is 73.1 Å². The van der Waals surface area contributed by atoms with E-state index in [1.165, 1.54) is 17.9 Å². The molecule has 13 nitrogen and oxygen atoms in total. The third kappa shape index (κ3) is 9.73. The highest BCUT2D eigenvalue weighted by Crippen LogP contribution is 2.41. The molecule has 1 aliphatic carbocycles. The molecule has 1 aromatic heterocycles. The lowest BCUT2D eigenvalue weighted by molar-refractivity contribution is -0.142. The number of hydrogen-bond donors (Lipinski definition) is 4. The van der Waals surface area contributed by atoms with Gasteiger partial charge in [-0.2, -0.15) is 0 Å². The maximum Gasteiger partial charge on any atom is 0.352 e. The van der Waals surface area contributed by atoms with Gasteiger partial charge in [-0.3, -0.25) is 33.9 Å². The van der Waals surface area contributed by atoms with E-state index >= 15 is 0 Å². The van der Waals surface area contributed by atoms with E-state index in [9.17, 15) is 39.0 Å². The molecule has 13 heteroatoms. The van der Waals surface area contributed by atoms with Crippen molar-refractivity contribution in [2.24, 2.45) is 5.41 Å². The summed E-state index contributed by atoms with van der Waals surface area (Å²) in [5.41, 5.74) is 1.58. The molecule has 5 rings (SSSR count). The van der Waals surface area contributed by atoms with Crippen molar-refractivity contribution in [2.75, 3.05) is 11.4 Å². The van der Waals surface area contributed by atoms with Gasteiger partial charge in [-0.25, -0.2) is 4.79 Å². The van der Waals surface area contributed by atoms with Crippen molar-refractivity contribution in [2.45, 2.75) is 83.3 Å². The van der Waals surface area contributed by atoms with E-state index in [0.29, 0.717) is 49.9 Å². The molecule has 0 radical (unpaired) electrons. The van der Waals surface area contributed by atoms with E-state index in [1.54, 1.807) is 47.6 Å². The van der Waals surface area contributed by atoms with E-state index in [2.05, 4.69) is 15.6 Å². The maximum absolute atomic E-state index is 14.4. The Morgan fingerprint density at radius 2 is 1.62 bits per heavy atom. The summed E-state index contributed by atoms with van der Waals surface area (Å²) >= 11 is 0. The van der Waals surface area contributed by atoms with E-state index < -0.39 is 41.4 Å². The molecule has 0 bridgehead atoms. The summed E-state index contributed by atoms with van der Waals surface area (Å²) in [6.45, 7) is 1.71. The highest BCUT2D eigenvalue weighted by Gasteiger charge is 2.48. The van der Waals surface area contributed by atoms with E-state index in [-0.39, 0.29) is 36.8 Å². The van der Waals surface area contributed by atoms with Crippen molar-refractivity contribution in [1.82, 2.24) is 20.5 Å². The molecule has 278 valence electrons. The molecule has 2 fully saturated rings. The van der Waals surface area contributed by atoms with Crippen LogP contribution in [0, 0.1) is 5.41 Å². The molecule has 2 unspecified atom stereocenters. The number of hydrogen-bond acceptors (Lipinski definition) is 7. The third-order valence-electron chi connectivity index (χ3n) is 9.98. The van der Waals surface area contributed by atoms with Gasteiger partial charge in [0.15, 0.2) is 0 Å². The fraction of sp³-hybridized carbons (Fsp3) is 0.375.